The van der Waals surface area contributed by atoms with E-state index in [2.05, 4.69) is 14.7 Å². The summed E-state index contributed by atoms with van der Waals surface area (Å²) in [4.78, 5) is 3.96. The smallest absolute Gasteiger partial charge is 0.214 e. The van der Waals surface area contributed by atoms with Crippen LogP contribution in [0.25, 0.3) is 11.4 Å². The maximum absolute atomic E-state index is 5.57. The lowest BCUT2D eigenvalue weighted by atomic mass is 10.1. The second kappa shape index (κ2) is 3.37. The molecule has 0 aliphatic rings. The predicted molar refractivity (Wildman–Crippen MR) is 47.6 cm³/mol. The van der Waals surface area contributed by atoms with Gasteiger partial charge in [-0.3, -0.25) is 0 Å². The van der Waals surface area contributed by atoms with Crippen molar-refractivity contribution in [1.29, 1.82) is 0 Å². The highest BCUT2D eigenvalue weighted by atomic mass is 16.5. The summed E-state index contributed by atoms with van der Waals surface area (Å²) in [5, 5.41) is 3.75. The Bertz CT molecular complexity index is 384. The van der Waals surface area contributed by atoms with Crippen LogP contribution < -0.4 is 5.73 Å². The molecule has 0 radical (unpaired) electrons. The number of benzene rings is 1. The third-order valence-electron chi connectivity index (χ3n) is 1.84. The van der Waals surface area contributed by atoms with Crippen LogP contribution in [0.5, 0.6) is 0 Å². The molecule has 0 saturated carbocycles. The van der Waals surface area contributed by atoms with Gasteiger partial charge in [-0.1, -0.05) is 29.4 Å². The van der Waals surface area contributed by atoms with E-state index in [9.17, 15) is 0 Å². The number of nitrogens with two attached hydrogens (primary N) is 1. The third kappa shape index (κ3) is 1.43. The van der Waals surface area contributed by atoms with Crippen molar-refractivity contribution in [2.75, 3.05) is 0 Å². The molecule has 13 heavy (non-hydrogen) atoms. The Kier molecular flexibility index (Phi) is 2.06. The predicted octanol–water partition coefficient (Wildman–Crippen LogP) is 1.20. The second-order valence-electron chi connectivity index (χ2n) is 2.62. The molecule has 0 atom stereocenters. The minimum atomic E-state index is 0.477. The van der Waals surface area contributed by atoms with Crippen molar-refractivity contribution < 1.29 is 4.52 Å². The number of hydrogen-bond donors (Lipinski definition) is 1. The molecule has 0 unspecified atom stereocenters. The fraction of sp³-hybridized carbons (Fsp3) is 0.111. The quantitative estimate of drug-likeness (QED) is 0.744. The van der Waals surface area contributed by atoms with Gasteiger partial charge >= 0.3 is 0 Å². The van der Waals surface area contributed by atoms with Crippen LogP contribution in [0.3, 0.4) is 0 Å². The largest absolute Gasteiger partial charge is 0.342 e. The molecular formula is C9H9N3O. The monoisotopic (exact) mass is 175 g/mol. The Balaban J connectivity index is 2.51. The van der Waals surface area contributed by atoms with Crippen LogP contribution in [0.15, 0.2) is 35.2 Å². The second-order valence-corrected chi connectivity index (χ2v) is 2.62. The van der Waals surface area contributed by atoms with Crippen molar-refractivity contribution >= 4 is 0 Å². The first kappa shape index (κ1) is 7.94. The molecule has 2 aromatic rings. The standard InChI is InChI=1S/C9H9N3O/c10-5-7-3-1-2-4-8(7)9-11-6-13-12-9/h1-4,6H,5,10H2. The van der Waals surface area contributed by atoms with Crippen molar-refractivity contribution in [3.05, 3.63) is 36.2 Å². The molecule has 1 aromatic carbocycles. The molecule has 4 heteroatoms. The van der Waals surface area contributed by atoms with Gasteiger partial charge in [-0.05, 0) is 5.56 Å². The van der Waals surface area contributed by atoms with Crippen molar-refractivity contribution in [2.24, 2.45) is 5.73 Å². The summed E-state index contributed by atoms with van der Waals surface area (Å²) >= 11 is 0. The minimum absolute atomic E-state index is 0.477. The van der Waals surface area contributed by atoms with Gasteiger partial charge in [0.25, 0.3) is 0 Å². The van der Waals surface area contributed by atoms with Crippen molar-refractivity contribution in [1.82, 2.24) is 10.1 Å². The zero-order valence-electron chi connectivity index (χ0n) is 6.97. The first-order valence-electron chi connectivity index (χ1n) is 3.96. The molecule has 0 amide bonds. The van der Waals surface area contributed by atoms with Gasteiger partial charge in [-0.2, -0.15) is 4.98 Å². The first-order valence-corrected chi connectivity index (χ1v) is 3.96. The Morgan fingerprint density at radius 3 is 2.85 bits per heavy atom. The van der Waals surface area contributed by atoms with E-state index in [4.69, 9.17) is 5.73 Å². The molecule has 66 valence electrons. The van der Waals surface area contributed by atoms with Crippen molar-refractivity contribution in [3.63, 3.8) is 0 Å². The van der Waals surface area contributed by atoms with Crippen molar-refractivity contribution in [2.45, 2.75) is 6.54 Å². The van der Waals surface area contributed by atoms with Crippen LogP contribution in [0.2, 0.25) is 0 Å². The lowest BCUT2D eigenvalue weighted by Gasteiger charge is -2.01. The molecule has 0 aliphatic carbocycles. The Morgan fingerprint density at radius 2 is 2.15 bits per heavy atom. The van der Waals surface area contributed by atoms with Gasteiger partial charge in [0, 0.05) is 12.1 Å². The summed E-state index contributed by atoms with van der Waals surface area (Å²) < 4.78 is 4.67. The summed E-state index contributed by atoms with van der Waals surface area (Å²) in [7, 11) is 0. The average molecular weight is 175 g/mol. The van der Waals surface area contributed by atoms with E-state index in [1.807, 2.05) is 24.3 Å². The number of rotatable bonds is 2. The molecule has 1 aromatic heterocycles. The van der Waals surface area contributed by atoms with Gasteiger partial charge in [0.1, 0.15) is 0 Å². The van der Waals surface area contributed by atoms with Gasteiger partial charge < -0.3 is 10.3 Å². The summed E-state index contributed by atoms with van der Waals surface area (Å²) in [5.74, 6) is 0.584. The van der Waals surface area contributed by atoms with Crippen LogP contribution in [-0.4, -0.2) is 10.1 Å². The molecular weight excluding hydrogens is 166 g/mol. The zero-order chi connectivity index (χ0) is 9.10. The highest BCUT2D eigenvalue weighted by Crippen LogP contribution is 2.18. The summed E-state index contributed by atoms with van der Waals surface area (Å²) in [6.45, 7) is 0.477. The Hall–Kier alpha value is -1.68. The van der Waals surface area contributed by atoms with Crippen LogP contribution in [0.4, 0.5) is 0 Å². The van der Waals surface area contributed by atoms with E-state index in [1.165, 1.54) is 6.39 Å². The van der Waals surface area contributed by atoms with Gasteiger partial charge in [-0.15, -0.1) is 0 Å². The van der Waals surface area contributed by atoms with Crippen LogP contribution >= 0.6 is 0 Å². The molecule has 2 rings (SSSR count). The van der Waals surface area contributed by atoms with Crippen LogP contribution in [0, 0.1) is 0 Å². The van der Waals surface area contributed by atoms with Crippen LogP contribution in [-0.2, 0) is 6.54 Å². The van der Waals surface area contributed by atoms with Gasteiger partial charge in [0.15, 0.2) is 0 Å². The Morgan fingerprint density at radius 1 is 1.31 bits per heavy atom. The molecule has 0 saturated heterocycles. The topological polar surface area (TPSA) is 64.9 Å². The molecule has 1 heterocycles. The minimum Gasteiger partial charge on any atom is -0.342 e. The highest BCUT2D eigenvalue weighted by Gasteiger charge is 2.06. The number of aromatic nitrogens is 2. The fourth-order valence-corrected chi connectivity index (χ4v) is 1.21. The Labute approximate surface area is 75.4 Å². The fourth-order valence-electron chi connectivity index (χ4n) is 1.21. The van der Waals surface area contributed by atoms with Gasteiger partial charge in [0.2, 0.25) is 12.2 Å². The number of nitrogens with zero attached hydrogens (tertiary/aromatic N) is 2. The average Bonchev–Trinajstić information content (AvgIpc) is 2.70. The zero-order valence-corrected chi connectivity index (χ0v) is 6.97. The molecule has 0 aliphatic heterocycles. The number of hydrogen-bond acceptors (Lipinski definition) is 4. The van der Waals surface area contributed by atoms with E-state index in [1.54, 1.807) is 0 Å². The van der Waals surface area contributed by atoms with E-state index in [0.717, 1.165) is 11.1 Å². The maximum Gasteiger partial charge on any atom is 0.214 e. The van der Waals surface area contributed by atoms with E-state index < -0.39 is 0 Å². The lowest BCUT2D eigenvalue weighted by molar-refractivity contribution is 0.418. The summed E-state index contributed by atoms with van der Waals surface area (Å²) in [6, 6.07) is 7.73. The summed E-state index contributed by atoms with van der Waals surface area (Å²) in [5.41, 5.74) is 7.52. The van der Waals surface area contributed by atoms with Gasteiger partial charge in [-0.25, -0.2) is 0 Å². The maximum atomic E-state index is 5.57. The van der Waals surface area contributed by atoms with E-state index in [-0.39, 0.29) is 0 Å². The van der Waals surface area contributed by atoms with E-state index >= 15 is 0 Å². The van der Waals surface area contributed by atoms with Gasteiger partial charge in [0.05, 0.1) is 0 Å². The lowest BCUT2D eigenvalue weighted by Crippen LogP contribution is -1.98. The summed E-state index contributed by atoms with van der Waals surface area (Å²) in [6.07, 6.45) is 1.31. The third-order valence-corrected chi connectivity index (χ3v) is 1.84. The first-order chi connectivity index (χ1) is 6.42. The molecule has 4 nitrogen and oxygen atoms in total. The molecule has 0 bridgehead atoms. The SMILES string of the molecule is NCc1ccccc1-c1ncon1. The molecule has 0 spiro atoms. The van der Waals surface area contributed by atoms with E-state index in [0.29, 0.717) is 12.4 Å². The van der Waals surface area contributed by atoms with Crippen LogP contribution in [0.1, 0.15) is 5.56 Å². The highest BCUT2D eigenvalue weighted by molar-refractivity contribution is 5.59. The van der Waals surface area contributed by atoms with Crippen molar-refractivity contribution in [3.8, 4) is 11.4 Å². The normalized spacial score (nSPS) is 10.2. The molecule has 2 N–H and O–H groups in total. The molecule has 0 fully saturated rings.